The van der Waals surface area contributed by atoms with Crippen LogP contribution in [-0.4, -0.2) is 23.0 Å². The maximum Gasteiger partial charge on any atom is 0.266 e. The van der Waals surface area contributed by atoms with Gasteiger partial charge in [0.15, 0.2) is 5.17 Å². The molecule has 3 aromatic rings. The first-order valence-corrected chi connectivity index (χ1v) is 11.1. The zero-order valence-corrected chi connectivity index (χ0v) is 19.6. The fraction of sp³-hybridized carbons (Fsp3) is 0.167. The van der Waals surface area contributed by atoms with Gasteiger partial charge in [0, 0.05) is 23.2 Å². The molecule has 1 saturated heterocycles. The molecule has 0 atom stereocenters. The van der Waals surface area contributed by atoms with Gasteiger partial charge in [-0.3, -0.25) is 9.69 Å². The van der Waals surface area contributed by atoms with Gasteiger partial charge in [-0.25, -0.2) is 4.99 Å². The molecule has 6 heteroatoms. The van der Waals surface area contributed by atoms with Gasteiger partial charge in [0.05, 0.1) is 10.6 Å². The normalized spacial score (nSPS) is 16.8. The monoisotopic (exact) mass is 480 g/mol. The summed E-state index contributed by atoms with van der Waals surface area (Å²) in [5.41, 5.74) is 5.38. The number of amidine groups is 1. The Morgan fingerprint density at radius 1 is 1.03 bits per heavy atom. The van der Waals surface area contributed by atoms with Gasteiger partial charge in [-0.05, 0) is 85.6 Å². The highest BCUT2D eigenvalue weighted by Crippen LogP contribution is 2.35. The molecule has 0 aliphatic carbocycles. The van der Waals surface area contributed by atoms with Gasteiger partial charge < -0.3 is 4.42 Å². The third kappa shape index (κ3) is 4.16. The largest absolute Gasteiger partial charge is 0.457 e. The summed E-state index contributed by atoms with van der Waals surface area (Å²) in [6.07, 6.45) is 1.78. The maximum absolute atomic E-state index is 12.7. The van der Waals surface area contributed by atoms with Crippen LogP contribution in [0.4, 0.5) is 5.69 Å². The third-order valence-corrected chi connectivity index (χ3v) is 6.73. The van der Waals surface area contributed by atoms with Crippen LogP contribution in [0.25, 0.3) is 17.4 Å². The minimum Gasteiger partial charge on any atom is -0.457 e. The van der Waals surface area contributed by atoms with Crippen LogP contribution in [0.2, 0.25) is 0 Å². The lowest BCUT2D eigenvalue weighted by Crippen LogP contribution is -2.23. The summed E-state index contributed by atoms with van der Waals surface area (Å²) >= 11 is 4.95. The lowest BCUT2D eigenvalue weighted by Gasteiger charge is -2.08. The predicted molar refractivity (Wildman–Crippen MR) is 128 cm³/mol. The van der Waals surface area contributed by atoms with E-state index >= 15 is 0 Å². The Morgan fingerprint density at radius 2 is 1.83 bits per heavy atom. The Labute approximate surface area is 188 Å². The minimum absolute atomic E-state index is 0.0861. The fourth-order valence-corrected chi connectivity index (χ4v) is 4.74. The van der Waals surface area contributed by atoms with Gasteiger partial charge in [-0.1, -0.05) is 28.1 Å². The second-order valence-corrected chi connectivity index (χ2v) is 9.19. The summed E-state index contributed by atoms with van der Waals surface area (Å²) in [6, 6.07) is 15.9. The third-order valence-electron chi connectivity index (χ3n) is 5.01. The van der Waals surface area contributed by atoms with Crippen LogP contribution in [0.5, 0.6) is 0 Å². The number of amides is 1. The van der Waals surface area contributed by atoms with Crippen molar-refractivity contribution in [3.8, 4) is 11.3 Å². The van der Waals surface area contributed by atoms with Gasteiger partial charge in [0.1, 0.15) is 11.5 Å². The van der Waals surface area contributed by atoms with E-state index in [0.29, 0.717) is 15.8 Å². The van der Waals surface area contributed by atoms with Gasteiger partial charge in [0.2, 0.25) is 0 Å². The standard InChI is InChI=1S/C24H21BrN2O2S/c1-14-5-9-19(20(25)11-14)21-10-8-18(29-21)13-22-23(28)27(4)24(30-22)26-17-7-6-15(2)16(3)12-17/h5-13H,1-4H3/b22-13+,26-24?. The van der Waals surface area contributed by atoms with Crippen molar-refractivity contribution in [1.82, 2.24) is 4.90 Å². The highest BCUT2D eigenvalue weighted by Gasteiger charge is 2.30. The van der Waals surface area contributed by atoms with Gasteiger partial charge in [0.25, 0.3) is 5.91 Å². The Hall–Kier alpha value is -2.57. The lowest BCUT2D eigenvalue weighted by atomic mass is 10.1. The summed E-state index contributed by atoms with van der Waals surface area (Å²) < 4.78 is 6.96. The molecule has 0 saturated carbocycles. The van der Waals surface area contributed by atoms with E-state index in [0.717, 1.165) is 21.5 Å². The topological polar surface area (TPSA) is 45.8 Å². The molecular formula is C24H21BrN2O2S. The highest BCUT2D eigenvalue weighted by atomic mass is 79.9. The summed E-state index contributed by atoms with van der Waals surface area (Å²) in [4.78, 5) is 19.5. The molecule has 1 aliphatic heterocycles. The van der Waals surface area contributed by atoms with E-state index in [1.165, 1.54) is 28.5 Å². The molecule has 1 fully saturated rings. The van der Waals surface area contributed by atoms with E-state index < -0.39 is 0 Å². The van der Waals surface area contributed by atoms with Crippen LogP contribution in [0.3, 0.4) is 0 Å². The molecule has 1 amide bonds. The first-order valence-electron chi connectivity index (χ1n) is 9.52. The number of aliphatic imine (C=N–C) groups is 1. The number of nitrogens with zero attached hydrogens (tertiary/aromatic N) is 2. The Balaban J connectivity index is 1.60. The predicted octanol–water partition coefficient (Wildman–Crippen LogP) is 6.87. The van der Waals surface area contributed by atoms with E-state index in [1.807, 2.05) is 49.4 Å². The average molecular weight is 481 g/mol. The SMILES string of the molecule is Cc1ccc(-c2ccc(/C=C3/SC(=Nc4ccc(C)c(C)c4)N(C)C3=O)o2)c(Br)c1. The summed E-state index contributed by atoms with van der Waals surface area (Å²) in [7, 11) is 1.74. The second-order valence-electron chi connectivity index (χ2n) is 7.32. The van der Waals surface area contributed by atoms with E-state index in [-0.39, 0.29) is 5.91 Å². The zero-order chi connectivity index (χ0) is 21.4. The number of furan rings is 1. The van der Waals surface area contributed by atoms with Crippen molar-refractivity contribution < 1.29 is 9.21 Å². The van der Waals surface area contributed by atoms with Crippen molar-refractivity contribution >= 4 is 50.5 Å². The number of halogens is 1. The molecule has 1 aliphatic rings. The number of aryl methyl sites for hydroxylation is 3. The highest BCUT2D eigenvalue weighted by molar-refractivity contribution is 9.10. The second kappa shape index (κ2) is 8.28. The number of hydrogen-bond donors (Lipinski definition) is 0. The molecule has 30 heavy (non-hydrogen) atoms. The van der Waals surface area contributed by atoms with Crippen molar-refractivity contribution in [1.29, 1.82) is 0 Å². The Bertz CT molecular complexity index is 1210. The van der Waals surface area contributed by atoms with Crippen molar-refractivity contribution in [2.24, 2.45) is 4.99 Å². The molecule has 0 N–H and O–H groups in total. The summed E-state index contributed by atoms with van der Waals surface area (Å²) in [5.74, 6) is 1.30. The fourth-order valence-electron chi connectivity index (χ4n) is 3.08. The number of likely N-dealkylation sites (N-methyl/N-ethyl adjacent to an activating group) is 1. The van der Waals surface area contributed by atoms with Gasteiger partial charge in [-0.2, -0.15) is 0 Å². The number of carbonyl (C=O) groups excluding carboxylic acids is 1. The van der Waals surface area contributed by atoms with Crippen LogP contribution in [0.15, 0.2) is 67.3 Å². The molecule has 1 aromatic heterocycles. The molecule has 152 valence electrons. The van der Waals surface area contributed by atoms with Gasteiger partial charge >= 0.3 is 0 Å². The Morgan fingerprint density at radius 3 is 2.57 bits per heavy atom. The Kier molecular flexibility index (Phi) is 5.71. The van der Waals surface area contributed by atoms with E-state index in [9.17, 15) is 4.79 Å². The van der Waals surface area contributed by atoms with Crippen LogP contribution in [0, 0.1) is 20.8 Å². The summed E-state index contributed by atoms with van der Waals surface area (Å²) in [5, 5.41) is 0.655. The quantitative estimate of drug-likeness (QED) is 0.384. The molecule has 2 heterocycles. The first kappa shape index (κ1) is 20.7. The summed E-state index contributed by atoms with van der Waals surface area (Å²) in [6.45, 7) is 6.17. The molecule has 4 rings (SSSR count). The first-order chi connectivity index (χ1) is 14.3. The van der Waals surface area contributed by atoms with Crippen LogP contribution in [-0.2, 0) is 4.79 Å². The molecule has 2 aromatic carbocycles. The number of rotatable bonds is 3. The van der Waals surface area contributed by atoms with Crippen molar-refractivity contribution in [2.45, 2.75) is 20.8 Å². The zero-order valence-electron chi connectivity index (χ0n) is 17.2. The molecule has 0 radical (unpaired) electrons. The molecule has 0 bridgehead atoms. The average Bonchev–Trinajstić information content (AvgIpc) is 3.26. The van der Waals surface area contributed by atoms with E-state index in [4.69, 9.17) is 4.42 Å². The van der Waals surface area contributed by atoms with Crippen molar-refractivity contribution in [3.63, 3.8) is 0 Å². The van der Waals surface area contributed by atoms with Crippen LogP contribution < -0.4 is 0 Å². The van der Waals surface area contributed by atoms with Crippen molar-refractivity contribution in [2.75, 3.05) is 7.05 Å². The molecule has 0 unspecified atom stereocenters. The van der Waals surface area contributed by atoms with Gasteiger partial charge in [-0.15, -0.1) is 0 Å². The van der Waals surface area contributed by atoms with Crippen LogP contribution >= 0.6 is 27.7 Å². The number of carbonyl (C=O) groups is 1. The minimum atomic E-state index is -0.0861. The smallest absolute Gasteiger partial charge is 0.266 e. The molecule has 0 spiro atoms. The number of hydrogen-bond acceptors (Lipinski definition) is 4. The maximum atomic E-state index is 12.7. The molecular weight excluding hydrogens is 460 g/mol. The number of thioether (sulfide) groups is 1. The van der Waals surface area contributed by atoms with E-state index in [2.05, 4.69) is 40.8 Å². The lowest BCUT2D eigenvalue weighted by molar-refractivity contribution is -0.121. The molecule has 4 nitrogen and oxygen atoms in total. The van der Waals surface area contributed by atoms with Crippen molar-refractivity contribution in [3.05, 3.63) is 80.4 Å². The van der Waals surface area contributed by atoms with E-state index in [1.54, 1.807) is 18.0 Å². The van der Waals surface area contributed by atoms with Crippen LogP contribution in [0.1, 0.15) is 22.5 Å². The number of benzene rings is 2.